The van der Waals surface area contributed by atoms with Gasteiger partial charge in [0.2, 0.25) is 0 Å². The quantitative estimate of drug-likeness (QED) is 0.632. The van der Waals surface area contributed by atoms with Crippen LogP contribution in [0.15, 0.2) is 18.2 Å². The maximum Gasteiger partial charge on any atom is 0.337 e. The standard InChI is InChI=1S/C9H6Cl2INO3/c10-7(11)8(14)13-6-2-1-4(12)3-5(6)9(15)16/h1-3,7H,(H,13,14)(H,15,16). The zero-order valence-corrected chi connectivity index (χ0v) is 11.4. The van der Waals surface area contributed by atoms with Crippen LogP contribution in [0.25, 0.3) is 0 Å². The van der Waals surface area contributed by atoms with E-state index in [1.165, 1.54) is 12.1 Å². The van der Waals surface area contributed by atoms with Gasteiger partial charge in [-0.2, -0.15) is 0 Å². The normalized spacial score (nSPS) is 10.2. The third-order valence-corrected chi connectivity index (χ3v) is 2.74. The van der Waals surface area contributed by atoms with Gasteiger partial charge in [-0.25, -0.2) is 4.79 Å². The number of halogens is 3. The van der Waals surface area contributed by atoms with E-state index in [9.17, 15) is 9.59 Å². The molecule has 0 radical (unpaired) electrons. The topological polar surface area (TPSA) is 66.4 Å². The molecule has 2 N–H and O–H groups in total. The van der Waals surface area contributed by atoms with Crippen LogP contribution in [0.4, 0.5) is 5.69 Å². The van der Waals surface area contributed by atoms with Crippen molar-refractivity contribution in [1.29, 1.82) is 0 Å². The molecule has 0 aromatic heterocycles. The van der Waals surface area contributed by atoms with Gasteiger partial charge in [-0.15, -0.1) is 0 Å². The maximum atomic E-state index is 11.2. The number of aromatic carboxylic acids is 1. The molecular formula is C9H6Cl2INO3. The molecule has 0 spiro atoms. The van der Waals surface area contributed by atoms with Gasteiger partial charge < -0.3 is 10.4 Å². The van der Waals surface area contributed by atoms with Crippen molar-refractivity contribution < 1.29 is 14.7 Å². The zero-order valence-electron chi connectivity index (χ0n) is 7.71. The summed E-state index contributed by atoms with van der Waals surface area (Å²) in [6, 6.07) is 4.59. The fourth-order valence-corrected chi connectivity index (χ4v) is 1.59. The van der Waals surface area contributed by atoms with Crippen molar-refractivity contribution in [2.24, 2.45) is 0 Å². The Hall–Kier alpha value is -0.530. The number of nitrogens with one attached hydrogen (secondary N) is 1. The monoisotopic (exact) mass is 373 g/mol. The summed E-state index contributed by atoms with van der Waals surface area (Å²) in [4.78, 5) is 20.9. The number of benzene rings is 1. The molecule has 1 aromatic rings. The van der Waals surface area contributed by atoms with E-state index in [4.69, 9.17) is 28.3 Å². The summed E-state index contributed by atoms with van der Waals surface area (Å²) in [6.07, 6.45) is 0. The third kappa shape index (κ3) is 3.50. The Labute approximate surface area is 115 Å². The highest BCUT2D eigenvalue weighted by Gasteiger charge is 2.16. The van der Waals surface area contributed by atoms with Crippen LogP contribution in [0.2, 0.25) is 0 Å². The van der Waals surface area contributed by atoms with Crippen LogP contribution in [-0.4, -0.2) is 21.8 Å². The smallest absolute Gasteiger partial charge is 0.337 e. The minimum atomic E-state index is -1.24. The summed E-state index contributed by atoms with van der Waals surface area (Å²) in [5, 5.41) is 11.3. The molecular weight excluding hydrogens is 368 g/mol. The minimum Gasteiger partial charge on any atom is -0.478 e. The van der Waals surface area contributed by atoms with E-state index in [1.807, 2.05) is 22.6 Å². The number of carbonyl (C=O) groups is 2. The lowest BCUT2D eigenvalue weighted by Crippen LogP contribution is -2.20. The second-order valence-electron chi connectivity index (χ2n) is 2.79. The van der Waals surface area contributed by atoms with Crippen LogP contribution in [0.1, 0.15) is 10.4 Å². The molecule has 0 atom stereocenters. The molecule has 16 heavy (non-hydrogen) atoms. The second-order valence-corrected chi connectivity index (χ2v) is 5.13. The first kappa shape index (κ1) is 13.5. The SMILES string of the molecule is O=C(O)c1cc(I)ccc1NC(=O)C(Cl)Cl. The first-order chi connectivity index (χ1) is 7.41. The summed E-state index contributed by atoms with van der Waals surface area (Å²) in [6.45, 7) is 0. The van der Waals surface area contributed by atoms with E-state index in [0.29, 0.717) is 0 Å². The van der Waals surface area contributed by atoms with Gasteiger partial charge in [0.05, 0.1) is 11.3 Å². The number of carboxylic acid groups (broad SMARTS) is 1. The molecule has 0 saturated heterocycles. The largest absolute Gasteiger partial charge is 0.478 e. The molecule has 0 aliphatic rings. The number of alkyl halides is 2. The molecule has 86 valence electrons. The van der Waals surface area contributed by atoms with Crippen LogP contribution in [0, 0.1) is 3.57 Å². The Balaban J connectivity index is 3.04. The van der Waals surface area contributed by atoms with Crippen LogP contribution >= 0.6 is 45.8 Å². The highest BCUT2D eigenvalue weighted by atomic mass is 127. The maximum absolute atomic E-state index is 11.2. The van der Waals surface area contributed by atoms with Crippen molar-refractivity contribution in [3.05, 3.63) is 27.3 Å². The molecule has 0 aliphatic carbocycles. The fourth-order valence-electron chi connectivity index (χ4n) is 0.990. The van der Waals surface area contributed by atoms with Gasteiger partial charge in [0.15, 0.2) is 4.84 Å². The van der Waals surface area contributed by atoms with Gasteiger partial charge in [-0.3, -0.25) is 4.79 Å². The van der Waals surface area contributed by atoms with E-state index in [2.05, 4.69) is 5.32 Å². The van der Waals surface area contributed by atoms with E-state index < -0.39 is 16.7 Å². The molecule has 7 heteroatoms. The van der Waals surface area contributed by atoms with Crippen LogP contribution in [0.5, 0.6) is 0 Å². The Kier molecular flexibility index (Phi) is 4.82. The van der Waals surface area contributed by atoms with Gasteiger partial charge in [0.1, 0.15) is 0 Å². The lowest BCUT2D eigenvalue weighted by molar-refractivity contribution is -0.114. The van der Waals surface area contributed by atoms with Crippen LogP contribution < -0.4 is 5.32 Å². The van der Waals surface area contributed by atoms with E-state index in [1.54, 1.807) is 6.07 Å². The van der Waals surface area contributed by atoms with Crippen molar-refractivity contribution >= 4 is 63.4 Å². The molecule has 0 saturated carbocycles. The second kappa shape index (κ2) is 5.70. The highest BCUT2D eigenvalue weighted by molar-refractivity contribution is 14.1. The van der Waals surface area contributed by atoms with E-state index >= 15 is 0 Å². The molecule has 0 aliphatic heterocycles. The Morgan fingerprint density at radius 1 is 1.38 bits per heavy atom. The van der Waals surface area contributed by atoms with Gasteiger partial charge >= 0.3 is 5.97 Å². The number of carbonyl (C=O) groups excluding carboxylic acids is 1. The van der Waals surface area contributed by atoms with Crippen molar-refractivity contribution in [3.63, 3.8) is 0 Å². The lowest BCUT2D eigenvalue weighted by Gasteiger charge is -2.08. The number of carboxylic acids is 1. The third-order valence-electron chi connectivity index (χ3n) is 1.67. The number of hydrogen-bond acceptors (Lipinski definition) is 2. The molecule has 1 aromatic carbocycles. The van der Waals surface area contributed by atoms with Gasteiger partial charge in [0.25, 0.3) is 5.91 Å². The Morgan fingerprint density at radius 2 is 2.00 bits per heavy atom. The van der Waals surface area contributed by atoms with Crippen molar-refractivity contribution in [2.75, 3.05) is 5.32 Å². The average Bonchev–Trinajstić information content (AvgIpc) is 2.20. The van der Waals surface area contributed by atoms with Crippen molar-refractivity contribution in [3.8, 4) is 0 Å². The first-order valence-corrected chi connectivity index (χ1v) is 5.99. The summed E-state index contributed by atoms with van der Waals surface area (Å²) >= 11 is 12.7. The Bertz CT molecular complexity index is 437. The van der Waals surface area contributed by atoms with E-state index in [-0.39, 0.29) is 11.3 Å². The number of rotatable bonds is 3. The van der Waals surface area contributed by atoms with E-state index in [0.717, 1.165) is 3.57 Å². The molecule has 1 amide bonds. The number of amides is 1. The molecule has 4 nitrogen and oxygen atoms in total. The van der Waals surface area contributed by atoms with Gasteiger partial charge in [-0.1, -0.05) is 23.2 Å². The molecule has 0 bridgehead atoms. The molecule has 0 heterocycles. The van der Waals surface area contributed by atoms with Gasteiger partial charge in [-0.05, 0) is 40.8 Å². The zero-order chi connectivity index (χ0) is 12.3. The predicted molar refractivity (Wildman–Crippen MR) is 70.2 cm³/mol. The first-order valence-electron chi connectivity index (χ1n) is 4.03. The van der Waals surface area contributed by atoms with Crippen LogP contribution in [-0.2, 0) is 4.79 Å². The minimum absolute atomic E-state index is 0.00534. The van der Waals surface area contributed by atoms with Crippen molar-refractivity contribution in [2.45, 2.75) is 4.84 Å². The molecule has 1 rings (SSSR count). The number of anilines is 1. The summed E-state index contributed by atoms with van der Waals surface area (Å²) in [5.74, 6) is -1.79. The van der Waals surface area contributed by atoms with Crippen LogP contribution in [0.3, 0.4) is 0 Å². The molecule has 0 fully saturated rings. The lowest BCUT2D eigenvalue weighted by atomic mass is 10.2. The summed E-state index contributed by atoms with van der Waals surface area (Å²) in [5.41, 5.74) is 0.165. The number of hydrogen-bond donors (Lipinski definition) is 2. The summed E-state index contributed by atoms with van der Waals surface area (Å²) in [7, 11) is 0. The van der Waals surface area contributed by atoms with Gasteiger partial charge in [0, 0.05) is 3.57 Å². The van der Waals surface area contributed by atoms with Crippen molar-refractivity contribution in [1.82, 2.24) is 0 Å². The highest BCUT2D eigenvalue weighted by Crippen LogP contribution is 2.20. The summed E-state index contributed by atoms with van der Waals surface area (Å²) < 4.78 is 0.751. The predicted octanol–water partition coefficient (Wildman–Crippen LogP) is 2.73. The average molecular weight is 374 g/mol. The molecule has 0 unspecified atom stereocenters. The fraction of sp³-hybridized carbons (Fsp3) is 0.111. The Morgan fingerprint density at radius 3 is 2.50 bits per heavy atom.